The summed E-state index contributed by atoms with van der Waals surface area (Å²) in [4.78, 5) is 17.4. The predicted octanol–water partition coefficient (Wildman–Crippen LogP) is 2.26. The van der Waals surface area contributed by atoms with E-state index in [-0.39, 0.29) is 11.9 Å². The van der Waals surface area contributed by atoms with Crippen LogP contribution in [-0.2, 0) is 11.2 Å². The number of hydrogen-bond donors (Lipinski definition) is 2. The first-order valence-corrected chi connectivity index (χ1v) is 7.26. The fourth-order valence-corrected chi connectivity index (χ4v) is 2.54. The molecule has 0 radical (unpaired) electrons. The zero-order chi connectivity index (χ0) is 13.7. The van der Waals surface area contributed by atoms with Gasteiger partial charge in [0.25, 0.3) is 0 Å². The van der Waals surface area contributed by atoms with Crippen LogP contribution in [0.15, 0.2) is 6.20 Å². The van der Waals surface area contributed by atoms with E-state index in [0.29, 0.717) is 12.3 Å². The number of nitrogens with zero attached hydrogens (tertiary/aromatic N) is 1. The number of nitrogens with one attached hydrogen (secondary N) is 1. The van der Waals surface area contributed by atoms with Gasteiger partial charge in [0.05, 0.1) is 12.1 Å². The van der Waals surface area contributed by atoms with E-state index in [1.807, 2.05) is 13.1 Å². The van der Waals surface area contributed by atoms with Gasteiger partial charge in [-0.1, -0.05) is 20.8 Å². The van der Waals surface area contributed by atoms with Crippen LogP contribution in [0.25, 0.3) is 0 Å². The van der Waals surface area contributed by atoms with Crippen LogP contribution in [0.5, 0.6) is 0 Å². The van der Waals surface area contributed by atoms with Crippen LogP contribution in [-0.4, -0.2) is 16.9 Å². The van der Waals surface area contributed by atoms with Crippen LogP contribution >= 0.6 is 11.3 Å². The summed E-state index contributed by atoms with van der Waals surface area (Å²) in [6.07, 6.45) is 3.55. The van der Waals surface area contributed by atoms with Crippen molar-refractivity contribution < 1.29 is 4.79 Å². The minimum Gasteiger partial charge on any atom is -0.346 e. The largest absolute Gasteiger partial charge is 0.346 e. The molecule has 0 spiro atoms. The summed E-state index contributed by atoms with van der Waals surface area (Å²) in [6.45, 7) is 8.16. The Bertz CT molecular complexity index is 389. The van der Waals surface area contributed by atoms with Crippen molar-refractivity contribution in [3.8, 4) is 0 Å². The van der Waals surface area contributed by atoms with Gasteiger partial charge in [0.1, 0.15) is 5.01 Å². The summed E-state index contributed by atoms with van der Waals surface area (Å²) in [5.74, 6) is 0.331. The van der Waals surface area contributed by atoms with E-state index in [1.54, 1.807) is 11.3 Å². The Morgan fingerprint density at radius 3 is 2.67 bits per heavy atom. The van der Waals surface area contributed by atoms with Gasteiger partial charge in [0.15, 0.2) is 0 Å². The molecule has 0 aromatic carbocycles. The van der Waals surface area contributed by atoms with Crippen LogP contribution in [0.1, 0.15) is 50.0 Å². The SMILES string of the molecule is CCc1cnc(C(C)NC(=O)C(N)CC(C)C)s1. The molecule has 0 saturated heterocycles. The number of aromatic nitrogens is 1. The number of thiazole rings is 1. The Balaban J connectivity index is 2.53. The highest BCUT2D eigenvalue weighted by atomic mass is 32.1. The molecule has 0 aliphatic rings. The molecule has 102 valence electrons. The summed E-state index contributed by atoms with van der Waals surface area (Å²) in [6, 6.07) is -0.501. The third-order valence-corrected chi connectivity index (χ3v) is 4.04. The first-order chi connectivity index (χ1) is 8.43. The molecule has 1 heterocycles. The standard InChI is InChI=1S/C13H23N3OS/c1-5-10-7-15-13(18-10)9(4)16-12(17)11(14)6-8(2)3/h7-9,11H,5-6,14H2,1-4H3,(H,16,17). The Morgan fingerprint density at radius 1 is 1.50 bits per heavy atom. The fraction of sp³-hybridized carbons (Fsp3) is 0.692. The van der Waals surface area contributed by atoms with Gasteiger partial charge in [-0.15, -0.1) is 11.3 Å². The first kappa shape index (κ1) is 15.1. The van der Waals surface area contributed by atoms with E-state index < -0.39 is 6.04 Å². The monoisotopic (exact) mass is 269 g/mol. The molecule has 0 saturated carbocycles. The summed E-state index contributed by atoms with van der Waals surface area (Å²) in [5, 5.41) is 3.86. The molecule has 0 aliphatic heterocycles. The Hall–Kier alpha value is -0.940. The molecule has 1 amide bonds. The summed E-state index contributed by atoms with van der Waals surface area (Å²) >= 11 is 1.64. The predicted molar refractivity (Wildman–Crippen MR) is 75.5 cm³/mol. The first-order valence-electron chi connectivity index (χ1n) is 6.44. The third kappa shape index (κ3) is 4.38. The second-order valence-electron chi connectivity index (χ2n) is 4.98. The Kier molecular flexibility index (Phi) is 5.75. The van der Waals surface area contributed by atoms with Crippen molar-refractivity contribution in [1.82, 2.24) is 10.3 Å². The van der Waals surface area contributed by atoms with Crippen molar-refractivity contribution >= 4 is 17.2 Å². The number of amides is 1. The molecular weight excluding hydrogens is 246 g/mol. The number of rotatable bonds is 6. The Labute approximate surface area is 113 Å². The van der Waals surface area contributed by atoms with Crippen LogP contribution in [0.2, 0.25) is 0 Å². The molecule has 1 rings (SSSR count). The van der Waals surface area contributed by atoms with Crippen LogP contribution in [0, 0.1) is 5.92 Å². The third-order valence-electron chi connectivity index (χ3n) is 2.71. The second kappa shape index (κ2) is 6.85. The highest BCUT2D eigenvalue weighted by Gasteiger charge is 2.19. The highest BCUT2D eigenvalue weighted by Crippen LogP contribution is 2.20. The van der Waals surface area contributed by atoms with Crippen molar-refractivity contribution in [3.63, 3.8) is 0 Å². The molecule has 1 aromatic rings. The average molecular weight is 269 g/mol. The quantitative estimate of drug-likeness (QED) is 0.832. The summed E-state index contributed by atoms with van der Waals surface area (Å²) in [7, 11) is 0. The molecule has 18 heavy (non-hydrogen) atoms. The van der Waals surface area contributed by atoms with E-state index in [2.05, 4.69) is 31.1 Å². The molecule has 2 unspecified atom stereocenters. The molecule has 0 aliphatic carbocycles. The lowest BCUT2D eigenvalue weighted by molar-refractivity contribution is -0.123. The fourth-order valence-electron chi connectivity index (χ4n) is 1.68. The number of nitrogens with two attached hydrogens (primary N) is 1. The van der Waals surface area contributed by atoms with Gasteiger partial charge in [0, 0.05) is 11.1 Å². The minimum atomic E-state index is -0.432. The van der Waals surface area contributed by atoms with Gasteiger partial charge in [0.2, 0.25) is 5.91 Å². The number of hydrogen-bond acceptors (Lipinski definition) is 4. The van der Waals surface area contributed by atoms with Crippen molar-refractivity contribution in [1.29, 1.82) is 0 Å². The van der Waals surface area contributed by atoms with Crippen molar-refractivity contribution in [3.05, 3.63) is 16.1 Å². The number of aryl methyl sites for hydroxylation is 1. The van der Waals surface area contributed by atoms with E-state index in [4.69, 9.17) is 5.73 Å². The van der Waals surface area contributed by atoms with E-state index >= 15 is 0 Å². The zero-order valence-corrected chi connectivity index (χ0v) is 12.4. The van der Waals surface area contributed by atoms with Gasteiger partial charge in [-0.2, -0.15) is 0 Å². The Morgan fingerprint density at radius 2 is 2.17 bits per heavy atom. The molecule has 1 aromatic heterocycles. The maximum absolute atomic E-state index is 11.9. The second-order valence-corrected chi connectivity index (χ2v) is 6.13. The zero-order valence-electron chi connectivity index (χ0n) is 11.6. The lowest BCUT2D eigenvalue weighted by Gasteiger charge is -2.17. The lowest BCUT2D eigenvalue weighted by Crippen LogP contribution is -2.42. The molecule has 0 fully saturated rings. The lowest BCUT2D eigenvalue weighted by atomic mass is 10.0. The van der Waals surface area contributed by atoms with Crippen LogP contribution in [0.3, 0.4) is 0 Å². The van der Waals surface area contributed by atoms with Gasteiger partial charge in [-0.05, 0) is 25.7 Å². The molecular formula is C13H23N3OS. The van der Waals surface area contributed by atoms with E-state index in [0.717, 1.165) is 11.4 Å². The maximum Gasteiger partial charge on any atom is 0.237 e. The van der Waals surface area contributed by atoms with Crippen LogP contribution < -0.4 is 11.1 Å². The number of carbonyl (C=O) groups excluding carboxylic acids is 1. The molecule has 2 atom stereocenters. The molecule has 0 bridgehead atoms. The van der Waals surface area contributed by atoms with Crippen molar-refractivity contribution in [2.75, 3.05) is 0 Å². The van der Waals surface area contributed by atoms with E-state index in [1.165, 1.54) is 4.88 Å². The normalized spacial score (nSPS) is 14.6. The molecule has 3 N–H and O–H groups in total. The summed E-state index contributed by atoms with van der Waals surface area (Å²) < 4.78 is 0. The van der Waals surface area contributed by atoms with Gasteiger partial charge < -0.3 is 11.1 Å². The van der Waals surface area contributed by atoms with Crippen molar-refractivity contribution in [2.24, 2.45) is 11.7 Å². The van der Waals surface area contributed by atoms with Gasteiger partial charge >= 0.3 is 0 Å². The smallest absolute Gasteiger partial charge is 0.237 e. The summed E-state index contributed by atoms with van der Waals surface area (Å²) in [5.41, 5.74) is 5.85. The topological polar surface area (TPSA) is 68.0 Å². The minimum absolute atomic E-state index is 0.0685. The highest BCUT2D eigenvalue weighted by molar-refractivity contribution is 7.11. The maximum atomic E-state index is 11.9. The molecule has 4 nitrogen and oxygen atoms in total. The molecule has 5 heteroatoms. The average Bonchev–Trinajstić information content (AvgIpc) is 2.76. The van der Waals surface area contributed by atoms with Crippen LogP contribution in [0.4, 0.5) is 0 Å². The van der Waals surface area contributed by atoms with Crippen molar-refractivity contribution in [2.45, 2.75) is 52.6 Å². The van der Waals surface area contributed by atoms with Gasteiger partial charge in [-0.25, -0.2) is 4.98 Å². The number of carbonyl (C=O) groups is 1. The van der Waals surface area contributed by atoms with Gasteiger partial charge in [-0.3, -0.25) is 4.79 Å². The van der Waals surface area contributed by atoms with E-state index in [9.17, 15) is 4.79 Å².